The first kappa shape index (κ1) is 14.5. The number of H-pyrrole nitrogens is 1. The number of aromatic nitrogens is 1. The van der Waals surface area contributed by atoms with Crippen LogP contribution in [0.3, 0.4) is 0 Å². The van der Waals surface area contributed by atoms with Crippen LogP contribution in [0.2, 0.25) is 0 Å². The predicted octanol–water partition coefficient (Wildman–Crippen LogP) is 4.73. The number of fused-ring (bicyclic) bond motifs is 2. The molecule has 0 spiro atoms. The molecule has 4 nitrogen and oxygen atoms in total. The second-order valence-corrected chi connectivity index (χ2v) is 5.95. The van der Waals surface area contributed by atoms with E-state index < -0.39 is 0 Å². The molecule has 0 aliphatic heterocycles. The normalized spacial score (nSPS) is 12.5. The number of aromatic amines is 1. The summed E-state index contributed by atoms with van der Waals surface area (Å²) in [5, 5.41) is 14.5. The molecule has 0 saturated carbocycles. The first-order chi connectivity index (χ1) is 11.7. The summed E-state index contributed by atoms with van der Waals surface area (Å²) >= 11 is 0. The molecule has 0 aliphatic carbocycles. The average Bonchev–Trinajstić information content (AvgIpc) is 3.03. The number of nitrogens with one attached hydrogen (secondary N) is 1. The van der Waals surface area contributed by atoms with E-state index >= 15 is 0 Å². The molecule has 4 heteroatoms. The second-order valence-electron chi connectivity index (χ2n) is 5.95. The maximum Gasteiger partial charge on any atom is 0.216 e. The molecular formula is C20H16N2O2. The molecule has 118 valence electrons. The number of hydrogen-bond donors (Lipinski definition) is 1. The predicted molar refractivity (Wildman–Crippen MR) is 96.0 cm³/mol. The Bertz CT molecular complexity index is 998. The second kappa shape index (κ2) is 5.81. The summed E-state index contributed by atoms with van der Waals surface area (Å²) in [6.45, 7) is -0.138. The SMILES string of the molecule is O=[N+]([O-])C[C@@H](c1cc2ccccc2[nH]1)c1cccc2ccccc12. The fourth-order valence-electron chi connectivity index (χ4n) is 3.35. The van der Waals surface area contributed by atoms with Crippen LogP contribution < -0.4 is 0 Å². The summed E-state index contributed by atoms with van der Waals surface area (Å²) in [6, 6.07) is 24.0. The van der Waals surface area contributed by atoms with Crippen LogP contribution in [0.5, 0.6) is 0 Å². The Hall–Kier alpha value is -3.14. The highest BCUT2D eigenvalue weighted by Crippen LogP contribution is 2.32. The van der Waals surface area contributed by atoms with Crippen molar-refractivity contribution in [3.8, 4) is 0 Å². The van der Waals surface area contributed by atoms with E-state index in [1.165, 1.54) is 0 Å². The van der Waals surface area contributed by atoms with Gasteiger partial charge in [-0.1, -0.05) is 60.7 Å². The largest absolute Gasteiger partial charge is 0.358 e. The number of benzene rings is 3. The van der Waals surface area contributed by atoms with E-state index in [1.54, 1.807) is 0 Å². The molecule has 3 aromatic carbocycles. The van der Waals surface area contributed by atoms with E-state index in [0.29, 0.717) is 0 Å². The lowest BCUT2D eigenvalue weighted by molar-refractivity contribution is -0.481. The Kier molecular flexibility index (Phi) is 3.50. The molecule has 4 rings (SSSR count). The van der Waals surface area contributed by atoms with Crippen LogP contribution >= 0.6 is 0 Å². The summed E-state index contributed by atoms with van der Waals surface area (Å²) in [5.74, 6) is -0.307. The Morgan fingerprint density at radius 3 is 2.42 bits per heavy atom. The van der Waals surface area contributed by atoms with Crippen molar-refractivity contribution in [1.82, 2.24) is 4.98 Å². The van der Waals surface area contributed by atoms with Crippen molar-refractivity contribution in [3.63, 3.8) is 0 Å². The number of rotatable bonds is 4. The van der Waals surface area contributed by atoms with Crippen molar-refractivity contribution < 1.29 is 4.92 Å². The van der Waals surface area contributed by atoms with Crippen molar-refractivity contribution in [2.24, 2.45) is 0 Å². The van der Waals surface area contributed by atoms with Crippen molar-refractivity contribution in [3.05, 3.63) is 94.2 Å². The van der Waals surface area contributed by atoms with Crippen LogP contribution in [0.25, 0.3) is 21.7 Å². The summed E-state index contributed by atoms with van der Waals surface area (Å²) in [4.78, 5) is 14.4. The highest BCUT2D eigenvalue weighted by Gasteiger charge is 2.23. The monoisotopic (exact) mass is 316 g/mol. The van der Waals surface area contributed by atoms with Gasteiger partial charge in [-0.2, -0.15) is 0 Å². The van der Waals surface area contributed by atoms with Crippen LogP contribution in [0.15, 0.2) is 72.8 Å². The van der Waals surface area contributed by atoms with Crippen LogP contribution in [0.1, 0.15) is 17.2 Å². The van der Waals surface area contributed by atoms with Crippen molar-refractivity contribution in [2.75, 3.05) is 6.54 Å². The van der Waals surface area contributed by atoms with Crippen LogP contribution in [-0.4, -0.2) is 16.5 Å². The van der Waals surface area contributed by atoms with Gasteiger partial charge in [0.1, 0.15) is 0 Å². The van der Waals surface area contributed by atoms with Gasteiger partial charge in [-0.15, -0.1) is 0 Å². The van der Waals surface area contributed by atoms with Crippen LogP contribution in [-0.2, 0) is 0 Å². The zero-order valence-electron chi connectivity index (χ0n) is 13.0. The van der Waals surface area contributed by atoms with Crippen molar-refractivity contribution >= 4 is 21.7 Å². The highest BCUT2D eigenvalue weighted by atomic mass is 16.6. The minimum atomic E-state index is -0.307. The molecule has 4 aromatic rings. The lowest BCUT2D eigenvalue weighted by Crippen LogP contribution is -2.14. The van der Waals surface area contributed by atoms with Crippen molar-refractivity contribution in [1.29, 1.82) is 0 Å². The van der Waals surface area contributed by atoms with Crippen LogP contribution in [0.4, 0.5) is 0 Å². The summed E-state index contributed by atoms with van der Waals surface area (Å²) in [7, 11) is 0. The molecule has 1 heterocycles. The van der Waals surface area contributed by atoms with Gasteiger partial charge < -0.3 is 4.98 Å². The standard InChI is InChI=1S/C20H16N2O2/c23-22(24)13-18(20-12-15-7-2-4-11-19(15)21-20)17-10-5-8-14-6-1-3-9-16(14)17/h1-12,18,21H,13H2/t18-/m1/s1. The Morgan fingerprint density at radius 1 is 0.917 bits per heavy atom. The molecule has 1 N–H and O–H groups in total. The average molecular weight is 316 g/mol. The van der Waals surface area contributed by atoms with Gasteiger partial charge in [0.15, 0.2) is 0 Å². The number of nitrogens with zero attached hydrogens (tertiary/aromatic N) is 1. The van der Waals surface area contributed by atoms with Gasteiger partial charge >= 0.3 is 0 Å². The Morgan fingerprint density at radius 2 is 1.62 bits per heavy atom. The molecule has 0 fully saturated rings. The molecule has 24 heavy (non-hydrogen) atoms. The third-order valence-electron chi connectivity index (χ3n) is 4.46. The lowest BCUT2D eigenvalue weighted by atomic mass is 9.91. The fourth-order valence-corrected chi connectivity index (χ4v) is 3.35. The number of nitro groups is 1. The molecule has 0 aliphatic rings. The van der Waals surface area contributed by atoms with E-state index in [4.69, 9.17) is 0 Å². The van der Waals surface area contributed by atoms with E-state index in [9.17, 15) is 10.1 Å². The highest BCUT2D eigenvalue weighted by molar-refractivity contribution is 5.87. The Labute approximate surface area is 138 Å². The van der Waals surface area contributed by atoms with Gasteiger partial charge in [0, 0.05) is 16.1 Å². The van der Waals surface area contributed by atoms with Gasteiger partial charge in [-0.3, -0.25) is 10.1 Å². The molecule has 1 aromatic heterocycles. The van der Waals surface area contributed by atoms with E-state index in [1.807, 2.05) is 72.8 Å². The molecule has 0 radical (unpaired) electrons. The fraction of sp³-hybridized carbons (Fsp3) is 0.100. The zero-order chi connectivity index (χ0) is 16.5. The van der Waals surface area contributed by atoms with Gasteiger partial charge in [0.05, 0.1) is 5.92 Å². The topological polar surface area (TPSA) is 58.9 Å². The minimum Gasteiger partial charge on any atom is -0.358 e. The third kappa shape index (κ3) is 2.52. The minimum absolute atomic E-state index is 0.138. The molecule has 0 bridgehead atoms. The van der Waals surface area contributed by atoms with Crippen LogP contribution in [0, 0.1) is 10.1 Å². The lowest BCUT2D eigenvalue weighted by Gasteiger charge is -2.14. The first-order valence-electron chi connectivity index (χ1n) is 7.89. The van der Waals surface area contributed by atoms with E-state index in [0.717, 1.165) is 32.9 Å². The van der Waals surface area contributed by atoms with Gasteiger partial charge in [-0.05, 0) is 33.9 Å². The maximum atomic E-state index is 11.3. The number of hydrogen-bond acceptors (Lipinski definition) is 2. The summed E-state index contributed by atoms with van der Waals surface area (Å²) in [5.41, 5.74) is 2.86. The summed E-state index contributed by atoms with van der Waals surface area (Å²) < 4.78 is 0. The van der Waals surface area contributed by atoms with Crippen molar-refractivity contribution in [2.45, 2.75) is 5.92 Å². The smallest absolute Gasteiger partial charge is 0.216 e. The Balaban J connectivity index is 1.91. The van der Waals surface area contributed by atoms with Gasteiger partial charge in [-0.25, -0.2) is 0 Å². The maximum absolute atomic E-state index is 11.3. The molecular weight excluding hydrogens is 300 g/mol. The van der Waals surface area contributed by atoms with Gasteiger partial charge in [0.2, 0.25) is 6.54 Å². The number of para-hydroxylation sites is 1. The molecule has 1 atom stereocenters. The quantitative estimate of drug-likeness (QED) is 0.437. The molecule has 0 amide bonds. The zero-order valence-corrected chi connectivity index (χ0v) is 13.0. The molecule has 0 saturated heterocycles. The van der Waals surface area contributed by atoms with E-state index in [-0.39, 0.29) is 17.4 Å². The van der Waals surface area contributed by atoms with E-state index in [2.05, 4.69) is 4.98 Å². The first-order valence-corrected chi connectivity index (χ1v) is 7.89. The third-order valence-corrected chi connectivity index (χ3v) is 4.46. The summed E-state index contributed by atoms with van der Waals surface area (Å²) in [6.07, 6.45) is 0. The van der Waals surface area contributed by atoms with Gasteiger partial charge in [0.25, 0.3) is 0 Å². The molecule has 0 unspecified atom stereocenters.